The largest absolute Gasteiger partial charge is 0.396 e. The van der Waals surface area contributed by atoms with Crippen molar-refractivity contribution in [3.05, 3.63) is 30.3 Å². The summed E-state index contributed by atoms with van der Waals surface area (Å²) in [6, 6.07) is 9.00. The molecule has 152 valence electrons. The van der Waals surface area contributed by atoms with Crippen LogP contribution in [0.4, 0.5) is 5.69 Å². The molecular weight excluding hydrogens is 380 g/mol. The van der Waals surface area contributed by atoms with Crippen LogP contribution in [0.2, 0.25) is 0 Å². The van der Waals surface area contributed by atoms with Crippen molar-refractivity contribution >= 4 is 29.1 Å². The molecule has 6 nitrogen and oxygen atoms in total. The number of nitrogens with zero attached hydrogens (tertiary/aromatic N) is 2. The van der Waals surface area contributed by atoms with Crippen molar-refractivity contribution in [3.8, 4) is 0 Å². The number of aliphatic hydroxyl groups excluding tert-OH is 1. The maximum Gasteiger partial charge on any atom is 0.262 e. The molecule has 28 heavy (non-hydrogen) atoms. The van der Waals surface area contributed by atoms with Gasteiger partial charge >= 0.3 is 0 Å². The zero-order chi connectivity index (χ0) is 19.7. The SMILES string of the molecule is O=C1[C@@H]2[C@@H](ON(c3ccccc3)[C@H]2C(Cl)CCCO)C(=O)N1C1CCCCC1. The van der Waals surface area contributed by atoms with E-state index in [1.807, 2.05) is 30.3 Å². The summed E-state index contributed by atoms with van der Waals surface area (Å²) in [5, 5.41) is 10.4. The summed E-state index contributed by atoms with van der Waals surface area (Å²) < 4.78 is 0. The molecular formula is C21H27ClN2O4. The monoisotopic (exact) mass is 406 g/mol. The highest BCUT2D eigenvalue weighted by Gasteiger charge is 2.61. The van der Waals surface area contributed by atoms with Gasteiger partial charge in [-0.05, 0) is 37.8 Å². The van der Waals surface area contributed by atoms with Gasteiger partial charge in [0.15, 0.2) is 6.10 Å². The molecule has 2 heterocycles. The van der Waals surface area contributed by atoms with Crippen molar-refractivity contribution in [2.24, 2.45) is 5.92 Å². The van der Waals surface area contributed by atoms with Gasteiger partial charge < -0.3 is 5.11 Å². The van der Waals surface area contributed by atoms with Crippen LogP contribution < -0.4 is 5.06 Å². The number of hydrogen-bond acceptors (Lipinski definition) is 5. The quantitative estimate of drug-likeness (QED) is 0.581. The lowest BCUT2D eigenvalue weighted by atomic mass is 9.91. The van der Waals surface area contributed by atoms with Gasteiger partial charge in [-0.25, -0.2) is 5.06 Å². The Labute approximate surface area is 170 Å². The Hall–Kier alpha value is -1.63. The smallest absolute Gasteiger partial charge is 0.262 e. The second-order valence-electron chi connectivity index (χ2n) is 7.92. The molecule has 1 aliphatic carbocycles. The Morgan fingerprint density at radius 3 is 2.50 bits per heavy atom. The Morgan fingerprint density at radius 1 is 1.11 bits per heavy atom. The maximum absolute atomic E-state index is 13.4. The summed E-state index contributed by atoms with van der Waals surface area (Å²) in [7, 11) is 0. The lowest BCUT2D eigenvalue weighted by molar-refractivity contribution is -0.146. The van der Waals surface area contributed by atoms with E-state index in [0.717, 1.165) is 37.8 Å². The van der Waals surface area contributed by atoms with Crippen molar-refractivity contribution in [1.29, 1.82) is 0 Å². The van der Waals surface area contributed by atoms with Gasteiger partial charge in [-0.3, -0.25) is 19.3 Å². The van der Waals surface area contributed by atoms with E-state index in [-0.39, 0.29) is 24.5 Å². The van der Waals surface area contributed by atoms with Crippen LogP contribution in [0.3, 0.4) is 0 Å². The van der Waals surface area contributed by atoms with E-state index < -0.39 is 23.4 Å². The standard InChI is InChI=1S/C21H27ClN2O4/c22-16(12-7-13-25)18-17-19(28-24(18)15-10-5-2-6-11-15)21(27)23(20(17)26)14-8-3-1-4-9-14/h2,5-6,10-11,14,16-19,25H,1,3-4,7-9,12-13H2/t16?,17-,18-,19+/m0/s1. The number of fused-ring (bicyclic) bond motifs is 1. The highest BCUT2D eigenvalue weighted by Crippen LogP contribution is 2.43. The van der Waals surface area contributed by atoms with Crippen molar-refractivity contribution in [2.75, 3.05) is 11.7 Å². The number of carbonyl (C=O) groups is 2. The number of alkyl halides is 1. The molecule has 4 rings (SSSR count). The lowest BCUT2D eigenvalue weighted by Gasteiger charge is -2.34. The molecule has 1 saturated carbocycles. The fourth-order valence-electron chi connectivity index (χ4n) is 4.80. The molecule has 2 aliphatic heterocycles. The third-order valence-corrected chi connectivity index (χ3v) is 6.63. The van der Waals surface area contributed by atoms with Gasteiger partial charge in [0.25, 0.3) is 5.91 Å². The number of amides is 2. The van der Waals surface area contributed by atoms with Crippen LogP contribution >= 0.6 is 11.6 Å². The number of halogens is 1. The lowest BCUT2D eigenvalue weighted by Crippen LogP contribution is -2.48. The number of benzene rings is 1. The zero-order valence-corrected chi connectivity index (χ0v) is 16.6. The Kier molecular flexibility index (Phi) is 5.90. The van der Waals surface area contributed by atoms with Crippen LogP contribution in [0.15, 0.2) is 30.3 Å². The first-order valence-electron chi connectivity index (χ1n) is 10.3. The molecule has 2 saturated heterocycles. The summed E-state index contributed by atoms with van der Waals surface area (Å²) in [4.78, 5) is 34.0. The summed E-state index contributed by atoms with van der Waals surface area (Å²) in [6.07, 6.45) is 5.28. The first-order chi connectivity index (χ1) is 13.6. The second kappa shape index (κ2) is 8.39. The molecule has 4 atom stereocenters. The Balaban J connectivity index is 1.63. The van der Waals surface area contributed by atoms with Crippen molar-refractivity contribution in [1.82, 2.24) is 4.90 Å². The molecule has 0 aromatic heterocycles. The molecule has 7 heteroatoms. The third kappa shape index (κ3) is 3.42. The number of imide groups is 1. The molecule has 1 N–H and O–H groups in total. The maximum atomic E-state index is 13.4. The normalized spacial score (nSPS) is 29.4. The van der Waals surface area contributed by atoms with Gasteiger partial charge in [0, 0.05) is 12.6 Å². The number of hydroxylamine groups is 1. The average Bonchev–Trinajstić information content (AvgIpc) is 3.24. The van der Waals surface area contributed by atoms with Crippen LogP contribution in [0.25, 0.3) is 0 Å². The fraction of sp³-hybridized carbons (Fsp3) is 0.619. The highest BCUT2D eigenvalue weighted by molar-refractivity contribution is 6.22. The van der Waals surface area contributed by atoms with Gasteiger partial charge in [-0.2, -0.15) is 0 Å². The minimum absolute atomic E-state index is 0.0139. The summed E-state index contributed by atoms with van der Waals surface area (Å²) in [5.74, 6) is -0.979. The predicted octanol–water partition coefficient (Wildman–Crippen LogP) is 2.87. The molecule has 2 amide bonds. The number of para-hydroxylation sites is 1. The molecule has 0 spiro atoms. The van der Waals surface area contributed by atoms with Gasteiger partial charge in [-0.1, -0.05) is 37.5 Å². The minimum Gasteiger partial charge on any atom is -0.396 e. The van der Waals surface area contributed by atoms with Gasteiger partial charge in [0.05, 0.1) is 17.1 Å². The van der Waals surface area contributed by atoms with E-state index in [0.29, 0.717) is 12.8 Å². The molecule has 3 fully saturated rings. The number of hydrogen-bond donors (Lipinski definition) is 1. The van der Waals surface area contributed by atoms with Gasteiger partial charge in [-0.15, -0.1) is 11.6 Å². The van der Waals surface area contributed by atoms with Crippen molar-refractivity contribution < 1.29 is 19.5 Å². The number of carbonyl (C=O) groups excluding carboxylic acids is 2. The van der Waals surface area contributed by atoms with E-state index in [2.05, 4.69) is 0 Å². The molecule has 1 unspecified atom stereocenters. The van der Waals surface area contributed by atoms with E-state index >= 15 is 0 Å². The molecule has 3 aliphatic rings. The van der Waals surface area contributed by atoms with E-state index in [4.69, 9.17) is 16.4 Å². The van der Waals surface area contributed by atoms with Crippen molar-refractivity contribution in [2.45, 2.75) is 68.5 Å². The molecule has 1 aromatic rings. The Morgan fingerprint density at radius 2 is 1.82 bits per heavy atom. The van der Waals surface area contributed by atoms with Crippen molar-refractivity contribution in [3.63, 3.8) is 0 Å². The van der Waals surface area contributed by atoms with Crippen LogP contribution in [-0.4, -0.2) is 52.0 Å². The third-order valence-electron chi connectivity index (χ3n) is 6.15. The zero-order valence-electron chi connectivity index (χ0n) is 15.9. The number of rotatable bonds is 6. The van der Waals surface area contributed by atoms with Crippen LogP contribution in [0.1, 0.15) is 44.9 Å². The number of likely N-dealkylation sites (tertiary alicyclic amines) is 1. The minimum atomic E-state index is -0.810. The van der Waals surface area contributed by atoms with Gasteiger partial charge in [0.2, 0.25) is 5.91 Å². The number of aliphatic hydroxyl groups is 1. The van der Waals surface area contributed by atoms with Crippen LogP contribution in [0, 0.1) is 5.92 Å². The Bertz CT molecular complexity index is 710. The van der Waals surface area contributed by atoms with Gasteiger partial charge in [0.1, 0.15) is 5.92 Å². The topological polar surface area (TPSA) is 70.1 Å². The predicted molar refractivity (Wildman–Crippen MR) is 106 cm³/mol. The van der Waals surface area contributed by atoms with Crippen LogP contribution in [-0.2, 0) is 14.4 Å². The van der Waals surface area contributed by atoms with Crippen LogP contribution in [0.5, 0.6) is 0 Å². The summed E-state index contributed by atoms with van der Waals surface area (Å²) in [6.45, 7) is 0.0390. The fourth-order valence-corrected chi connectivity index (χ4v) is 5.21. The number of anilines is 1. The summed E-state index contributed by atoms with van der Waals surface area (Å²) >= 11 is 6.71. The first-order valence-corrected chi connectivity index (χ1v) is 10.7. The first kappa shape index (κ1) is 19.7. The van der Waals surface area contributed by atoms with E-state index in [1.54, 1.807) is 5.06 Å². The molecule has 1 aromatic carbocycles. The highest BCUT2D eigenvalue weighted by atomic mass is 35.5. The second-order valence-corrected chi connectivity index (χ2v) is 8.48. The molecule has 0 bridgehead atoms. The van der Waals surface area contributed by atoms with E-state index in [1.165, 1.54) is 4.90 Å². The molecule has 0 radical (unpaired) electrons. The summed E-state index contributed by atoms with van der Waals surface area (Å²) in [5.41, 5.74) is 0.779. The average molecular weight is 407 g/mol. The van der Waals surface area contributed by atoms with E-state index in [9.17, 15) is 14.7 Å².